The summed E-state index contributed by atoms with van der Waals surface area (Å²) in [7, 11) is 0. The Labute approximate surface area is 118 Å². The SMILES string of the molecule is O=C(O)C1(C(=O)NC2CCc3ccccc3C2)CCC1. The maximum Gasteiger partial charge on any atom is 0.319 e. The number of carboxylic acids is 1. The minimum atomic E-state index is -1.16. The predicted molar refractivity (Wildman–Crippen MR) is 74.3 cm³/mol. The van der Waals surface area contributed by atoms with Crippen molar-refractivity contribution in [3.05, 3.63) is 35.4 Å². The fourth-order valence-corrected chi connectivity index (χ4v) is 3.21. The number of aryl methyl sites for hydroxylation is 1. The molecule has 1 atom stereocenters. The van der Waals surface area contributed by atoms with E-state index in [1.165, 1.54) is 11.1 Å². The summed E-state index contributed by atoms with van der Waals surface area (Å²) in [5.74, 6) is -1.27. The van der Waals surface area contributed by atoms with Crippen molar-refractivity contribution in [1.82, 2.24) is 5.32 Å². The highest BCUT2D eigenvalue weighted by atomic mass is 16.4. The molecule has 1 aromatic carbocycles. The molecule has 3 rings (SSSR count). The van der Waals surface area contributed by atoms with Crippen molar-refractivity contribution in [3.8, 4) is 0 Å². The highest BCUT2D eigenvalue weighted by molar-refractivity contribution is 6.02. The summed E-state index contributed by atoms with van der Waals surface area (Å²) in [4.78, 5) is 23.6. The Morgan fingerprint density at radius 2 is 1.90 bits per heavy atom. The minimum absolute atomic E-state index is 0.0641. The molecule has 0 radical (unpaired) electrons. The quantitative estimate of drug-likeness (QED) is 0.827. The Kier molecular flexibility index (Phi) is 3.24. The molecule has 2 N–H and O–H groups in total. The van der Waals surface area contributed by atoms with Crippen LogP contribution in [0.5, 0.6) is 0 Å². The molecule has 0 aliphatic heterocycles. The van der Waals surface area contributed by atoms with E-state index in [1.54, 1.807) is 0 Å². The van der Waals surface area contributed by atoms with Gasteiger partial charge < -0.3 is 10.4 Å². The number of nitrogens with one attached hydrogen (secondary N) is 1. The molecule has 2 aliphatic rings. The number of hydrogen-bond donors (Lipinski definition) is 2. The molecule has 0 bridgehead atoms. The lowest BCUT2D eigenvalue weighted by Gasteiger charge is -2.37. The van der Waals surface area contributed by atoms with Gasteiger partial charge in [-0.3, -0.25) is 9.59 Å². The second-order valence-corrected chi connectivity index (χ2v) is 5.92. The first-order valence-electron chi connectivity index (χ1n) is 7.23. The molecule has 20 heavy (non-hydrogen) atoms. The number of hydrogen-bond acceptors (Lipinski definition) is 2. The monoisotopic (exact) mass is 273 g/mol. The van der Waals surface area contributed by atoms with Crippen LogP contribution in [0.4, 0.5) is 0 Å². The molecule has 1 aromatic rings. The van der Waals surface area contributed by atoms with Gasteiger partial charge in [0.2, 0.25) is 5.91 Å². The minimum Gasteiger partial charge on any atom is -0.480 e. The van der Waals surface area contributed by atoms with Crippen LogP contribution in [-0.2, 0) is 22.4 Å². The number of carbonyl (C=O) groups is 2. The van der Waals surface area contributed by atoms with Gasteiger partial charge in [-0.05, 0) is 43.2 Å². The van der Waals surface area contributed by atoms with Crippen molar-refractivity contribution in [2.75, 3.05) is 0 Å². The van der Waals surface area contributed by atoms with Gasteiger partial charge >= 0.3 is 5.97 Å². The normalized spacial score (nSPS) is 23.3. The van der Waals surface area contributed by atoms with E-state index in [0.29, 0.717) is 12.8 Å². The summed E-state index contributed by atoms with van der Waals surface area (Å²) in [6.45, 7) is 0. The molecule has 1 unspecified atom stereocenters. The van der Waals surface area contributed by atoms with Gasteiger partial charge in [-0.1, -0.05) is 30.7 Å². The lowest BCUT2D eigenvalue weighted by atomic mass is 9.68. The Balaban J connectivity index is 1.68. The smallest absolute Gasteiger partial charge is 0.319 e. The van der Waals surface area contributed by atoms with E-state index in [-0.39, 0.29) is 11.9 Å². The number of carbonyl (C=O) groups excluding carboxylic acids is 1. The lowest BCUT2D eigenvalue weighted by molar-refractivity contribution is -0.162. The lowest BCUT2D eigenvalue weighted by Crippen LogP contribution is -2.54. The first-order valence-corrected chi connectivity index (χ1v) is 7.23. The topological polar surface area (TPSA) is 66.4 Å². The van der Waals surface area contributed by atoms with Crippen molar-refractivity contribution in [2.24, 2.45) is 5.41 Å². The largest absolute Gasteiger partial charge is 0.480 e. The van der Waals surface area contributed by atoms with Gasteiger partial charge in [-0.25, -0.2) is 0 Å². The molecule has 2 aliphatic carbocycles. The zero-order chi connectivity index (χ0) is 14.2. The number of fused-ring (bicyclic) bond motifs is 1. The molecular weight excluding hydrogens is 254 g/mol. The van der Waals surface area contributed by atoms with Gasteiger partial charge in [-0.15, -0.1) is 0 Å². The maximum atomic E-state index is 12.3. The van der Waals surface area contributed by atoms with Crippen LogP contribution < -0.4 is 5.32 Å². The number of benzene rings is 1. The van der Waals surface area contributed by atoms with Crippen LogP contribution in [0.15, 0.2) is 24.3 Å². The second-order valence-electron chi connectivity index (χ2n) is 5.92. The molecule has 0 aromatic heterocycles. The van der Waals surface area contributed by atoms with Crippen LogP contribution in [0.3, 0.4) is 0 Å². The van der Waals surface area contributed by atoms with Gasteiger partial charge in [0.15, 0.2) is 0 Å². The van der Waals surface area contributed by atoms with Gasteiger partial charge in [0.1, 0.15) is 5.41 Å². The molecule has 1 saturated carbocycles. The highest BCUT2D eigenvalue weighted by Crippen LogP contribution is 2.41. The Morgan fingerprint density at radius 1 is 1.20 bits per heavy atom. The number of rotatable bonds is 3. The summed E-state index contributed by atoms with van der Waals surface area (Å²) in [5.41, 5.74) is 1.45. The van der Waals surface area contributed by atoms with Crippen LogP contribution in [-0.4, -0.2) is 23.0 Å². The van der Waals surface area contributed by atoms with Gasteiger partial charge in [-0.2, -0.15) is 0 Å². The van der Waals surface area contributed by atoms with E-state index in [9.17, 15) is 14.7 Å². The van der Waals surface area contributed by atoms with E-state index in [2.05, 4.69) is 17.4 Å². The zero-order valence-electron chi connectivity index (χ0n) is 11.4. The summed E-state index contributed by atoms with van der Waals surface area (Å²) in [6, 6.07) is 8.32. The molecule has 1 fully saturated rings. The van der Waals surface area contributed by atoms with Crippen LogP contribution in [0.1, 0.15) is 36.8 Å². The van der Waals surface area contributed by atoms with Crippen LogP contribution >= 0.6 is 0 Å². The van der Waals surface area contributed by atoms with Crippen LogP contribution in [0.25, 0.3) is 0 Å². The Hall–Kier alpha value is -1.84. The first kappa shape index (κ1) is 13.2. The molecule has 0 heterocycles. The molecule has 1 amide bonds. The van der Waals surface area contributed by atoms with E-state index in [0.717, 1.165) is 25.7 Å². The molecule has 4 heteroatoms. The average Bonchev–Trinajstić information content (AvgIpc) is 2.36. The summed E-state index contributed by atoms with van der Waals surface area (Å²) < 4.78 is 0. The summed E-state index contributed by atoms with van der Waals surface area (Å²) in [6.07, 6.45) is 4.40. The fourth-order valence-electron chi connectivity index (χ4n) is 3.21. The molecule has 0 saturated heterocycles. The number of aliphatic carboxylic acids is 1. The molecule has 0 spiro atoms. The molecule has 106 valence electrons. The number of carboxylic acid groups (broad SMARTS) is 1. The van der Waals surface area contributed by atoms with E-state index >= 15 is 0 Å². The van der Waals surface area contributed by atoms with Crippen LogP contribution in [0.2, 0.25) is 0 Å². The van der Waals surface area contributed by atoms with E-state index in [4.69, 9.17) is 0 Å². The zero-order valence-corrected chi connectivity index (χ0v) is 11.4. The average molecular weight is 273 g/mol. The van der Waals surface area contributed by atoms with Gasteiger partial charge in [0.25, 0.3) is 0 Å². The Bertz CT molecular complexity index is 548. The third-order valence-corrected chi connectivity index (χ3v) is 4.73. The number of amides is 1. The van der Waals surface area contributed by atoms with Gasteiger partial charge in [0, 0.05) is 6.04 Å². The van der Waals surface area contributed by atoms with Gasteiger partial charge in [0.05, 0.1) is 0 Å². The standard InChI is InChI=1S/C16H19NO3/c18-14(16(15(19)20)8-3-9-16)17-13-7-6-11-4-1-2-5-12(11)10-13/h1-2,4-5,13H,3,6-10H2,(H,17,18)(H,19,20). The predicted octanol–water partition coefficient (Wildman–Crippen LogP) is 1.91. The third kappa shape index (κ3) is 2.09. The van der Waals surface area contributed by atoms with Crippen molar-refractivity contribution in [2.45, 2.75) is 44.6 Å². The molecular formula is C16H19NO3. The van der Waals surface area contributed by atoms with E-state index in [1.807, 2.05) is 12.1 Å². The summed E-state index contributed by atoms with van der Waals surface area (Å²) >= 11 is 0. The Morgan fingerprint density at radius 3 is 2.50 bits per heavy atom. The summed E-state index contributed by atoms with van der Waals surface area (Å²) in [5, 5.41) is 12.2. The molecule has 4 nitrogen and oxygen atoms in total. The first-order chi connectivity index (χ1) is 9.62. The second kappa shape index (κ2) is 4.93. The van der Waals surface area contributed by atoms with Crippen LogP contribution in [0, 0.1) is 5.41 Å². The van der Waals surface area contributed by atoms with Crippen molar-refractivity contribution < 1.29 is 14.7 Å². The highest BCUT2D eigenvalue weighted by Gasteiger charge is 2.51. The van der Waals surface area contributed by atoms with Crippen molar-refractivity contribution in [3.63, 3.8) is 0 Å². The third-order valence-electron chi connectivity index (χ3n) is 4.73. The van der Waals surface area contributed by atoms with Crippen molar-refractivity contribution >= 4 is 11.9 Å². The fraction of sp³-hybridized carbons (Fsp3) is 0.500. The maximum absolute atomic E-state index is 12.3. The van der Waals surface area contributed by atoms with Crippen molar-refractivity contribution in [1.29, 1.82) is 0 Å². The van der Waals surface area contributed by atoms with E-state index < -0.39 is 11.4 Å².